The molecule has 2 rings (SSSR count). The van der Waals surface area contributed by atoms with E-state index in [2.05, 4.69) is 4.98 Å². The number of halogens is 1. The number of hydrogen-bond donors (Lipinski definition) is 1. The normalized spacial score (nSPS) is 12.9. The molecular formula is C12H13FN2. The van der Waals surface area contributed by atoms with Crippen LogP contribution < -0.4 is 5.73 Å². The molecule has 0 aliphatic rings. The van der Waals surface area contributed by atoms with Gasteiger partial charge in [-0.05, 0) is 30.7 Å². The zero-order valence-corrected chi connectivity index (χ0v) is 8.36. The maximum atomic E-state index is 13.6. The van der Waals surface area contributed by atoms with Gasteiger partial charge in [-0.1, -0.05) is 18.2 Å². The van der Waals surface area contributed by atoms with Crippen LogP contribution in [-0.2, 0) is 0 Å². The van der Waals surface area contributed by atoms with Crippen LogP contribution in [-0.4, -0.2) is 11.5 Å². The van der Waals surface area contributed by atoms with E-state index in [-0.39, 0.29) is 0 Å². The SMILES string of the molecule is NCCC(F)c1ccc2cccnc2c1. The van der Waals surface area contributed by atoms with E-state index in [9.17, 15) is 4.39 Å². The van der Waals surface area contributed by atoms with Crippen LogP contribution in [0.4, 0.5) is 4.39 Å². The first kappa shape index (κ1) is 10.1. The summed E-state index contributed by atoms with van der Waals surface area (Å²) in [6, 6.07) is 9.30. The van der Waals surface area contributed by atoms with Crippen LogP contribution >= 0.6 is 0 Å². The number of nitrogens with zero attached hydrogens (tertiary/aromatic N) is 1. The average Bonchev–Trinajstić information content (AvgIpc) is 2.29. The molecule has 0 spiro atoms. The Hall–Kier alpha value is -1.48. The second-order valence-corrected chi connectivity index (χ2v) is 3.50. The Morgan fingerprint density at radius 2 is 2.20 bits per heavy atom. The summed E-state index contributed by atoms with van der Waals surface area (Å²) in [4.78, 5) is 4.19. The summed E-state index contributed by atoms with van der Waals surface area (Å²) in [5, 5.41) is 1.03. The molecule has 1 aromatic carbocycles. The fourth-order valence-corrected chi connectivity index (χ4v) is 1.59. The van der Waals surface area contributed by atoms with Gasteiger partial charge in [-0.3, -0.25) is 4.98 Å². The summed E-state index contributed by atoms with van der Waals surface area (Å²) >= 11 is 0. The monoisotopic (exact) mass is 204 g/mol. The van der Waals surface area contributed by atoms with Gasteiger partial charge in [0.2, 0.25) is 0 Å². The molecule has 1 aromatic heterocycles. The second kappa shape index (κ2) is 4.36. The maximum absolute atomic E-state index is 13.6. The van der Waals surface area contributed by atoms with Gasteiger partial charge < -0.3 is 5.73 Å². The Morgan fingerprint density at radius 3 is 3.00 bits per heavy atom. The third-order valence-electron chi connectivity index (χ3n) is 2.41. The topological polar surface area (TPSA) is 38.9 Å². The number of alkyl halides is 1. The lowest BCUT2D eigenvalue weighted by molar-refractivity contribution is 0.328. The highest BCUT2D eigenvalue weighted by Gasteiger charge is 2.08. The first-order valence-electron chi connectivity index (χ1n) is 5.00. The molecule has 0 saturated carbocycles. The van der Waals surface area contributed by atoms with Crippen molar-refractivity contribution in [2.75, 3.05) is 6.54 Å². The zero-order valence-electron chi connectivity index (χ0n) is 8.36. The first-order valence-corrected chi connectivity index (χ1v) is 5.00. The van der Waals surface area contributed by atoms with Crippen LogP contribution in [0, 0.1) is 0 Å². The maximum Gasteiger partial charge on any atom is 0.126 e. The standard InChI is InChI=1S/C12H13FN2/c13-11(5-6-14)10-4-3-9-2-1-7-15-12(9)8-10/h1-4,7-8,11H,5-6,14H2. The summed E-state index contributed by atoms with van der Waals surface area (Å²) in [6.45, 7) is 0.363. The largest absolute Gasteiger partial charge is 0.330 e. The molecular weight excluding hydrogens is 191 g/mol. The van der Waals surface area contributed by atoms with Crippen LogP contribution in [0.2, 0.25) is 0 Å². The molecule has 2 N–H and O–H groups in total. The minimum Gasteiger partial charge on any atom is -0.330 e. The Bertz CT molecular complexity index is 456. The minimum absolute atomic E-state index is 0.359. The smallest absolute Gasteiger partial charge is 0.126 e. The fourth-order valence-electron chi connectivity index (χ4n) is 1.59. The molecule has 3 heteroatoms. The van der Waals surface area contributed by atoms with E-state index in [0.29, 0.717) is 18.5 Å². The summed E-state index contributed by atoms with van der Waals surface area (Å²) in [5.74, 6) is 0. The molecule has 0 saturated heterocycles. The van der Waals surface area contributed by atoms with Gasteiger partial charge in [0.1, 0.15) is 6.17 Å². The van der Waals surface area contributed by atoms with Crippen LogP contribution in [0.5, 0.6) is 0 Å². The van der Waals surface area contributed by atoms with Gasteiger partial charge in [0, 0.05) is 11.6 Å². The molecule has 2 aromatic rings. The number of nitrogens with two attached hydrogens (primary N) is 1. The van der Waals surface area contributed by atoms with E-state index in [1.54, 1.807) is 18.3 Å². The Morgan fingerprint density at radius 1 is 1.33 bits per heavy atom. The van der Waals surface area contributed by atoms with Gasteiger partial charge in [0.05, 0.1) is 5.52 Å². The minimum atomic E-state index is -0.985. The molecule has 0 bridgehead atoms. The quantitative estimate of drug-likeness (QED) is 0.834. The van der Waals surface area contributed by atoms with Crippen molar-refractivity contribution in [1.82, 2.24) is 4.98 Å². The van der Waals surface area contributed by atoms with Gasteiger partial charge in [-0.2, -0.15) is 0 Å². The predicted octanol–water partition coefficient (Wildman–Crippen LogP) is 2.59. The predicted molar refractivity (Wildman–Crippen MR) is 59.3 cm³/mol. The highest BCUT2D eigenvalue weighted by atomic mass is 19.1. The molecule has 0 amide bonds. The lowest BCUT2D eigenvalue weighted by Crippen LogP contribution is -2.03. The summed E-state index contributed by atoms with van der Waals surface area (Å²) in [7, 11) is 0. The van der Waals surface area contributed by atoms with Gasteiger partial charge in [-0.15, -0.1) is 0 Å². The van der Waals surface area contributed by atoms with Gasteiger partial charge in [0.15, 0.2) is 0 Å². The van der Waals surface area contributed by atoms with E-state index >= 15 is 0 Å². The number of benzene rings is 1. The van der Waals surface area contributed by atoms with Crippen molar-refractivity contribution in [2.24, 2.45) is 5.73 Å². The first-order chi connectivity index (χ1) is 7.31. The molecule has 0 fully saturated rings. The van der Waals surface area contributed by atoms with E-state index in [1.165, 1.54) is 0 Å². The lowest BCUT2D eigenvalue weighted by Gasteiger charge is -2.07. The fraction of sp³-hybridized carbons (Fsp3) is 0.250. The van der Waals surface area contributed by atoms with E-state index < -0.39 is 6.17 Å². The van der Waals surface area contributed by atoms with Gasteiger partial charge >= 0.3 is 0 Å². The van der Waals surface area contributed by atoms with Crippen molar-refractivity contribution < 1.29 is 4.39 Å². The second-order valence-electron chi connectivity index (χ2n) is 3.50. The Labute approximate surface area is 87.9 Å². The molecule has 0 radical (unpaired) electrons. The third kappa shape index (κ3) is 2.13. The summed E-state index contributed by atoms with van der Waals surface area (Å²) < 4.78 is 13.6. The zero-order chi connectivity index (χ0) is 10.7. The van der Waals surface area contributed by atoms with E-state index in [4.69, 9.17) is 5.73 Å². The molecule has 1 heterocycles. The number of hydrogen-bond acceptors (Lipinski definition) is 2. The molecule has 2 nitrogen and oxygen atoms in total. The van der Waals surface area contributed by atoms with Crippen molar-refractivity contribution >= 4 is 10.9 Å². The van der Waals surface area contributed by atoms with Crippen molar-refractivity contribution in [2.45, 2.75) is 12.6 Å². The number of fused-ring (bicyclic) bond motifs is 1. The van der Waals surface area contributed by atoms with Crippen LogP contribution in [0.25, 0.3) is 10.9 Å². The van der Waals surface area contributed by atoms with Crippen molar-refractivity contribution in [3.05, 3.63) is 42.1 Å². The number of pyridine rings is 1. The average molecular weight is 204 g/mol. The van der Waals surface area contributed by atoms with E-state index in [1.807, 2.05) is 18.2 Å². The molecule has 0 aliphatic carbocycles. The Balaban J connectivity index is 2.38. The Kier molecular flexibility index (Phi) is 2.92. The number of aromatic nitrogens is 1. The van der Waals surface area contributed by atoms with Crippen molar-refractivity contribution in [1.29, 1.82) is 0 Å². The van der Waals surface area contributed by atoms with Crippen molar-refractivity contribution in [3.63, 3.8) is 0 Å². The molecule has 1 unspecified atom stereocenters. The van der Waals surface area contributed by atoms with Gasteiger partial charge in [0.25, 0.3) is 0 Å². The van der Waals surface area contributed by atoms with Crippen LogP contribution in [0.15, 0.2) is 36.5 Å². The number of rotatable bonds is 3. The summed E-state index contributed by atoms with van der Waals surface area (Å²) in [6.07, 6.45) is 1.09. The van der Waals surface area contributed by atoms with Crippen molar-refractivity contribution in [3.8, 4) is 0 Å². The molecule has 78 valence electrons. The lowest BCUT2D eigenvalue weighted by atomic mass is 10.1. The van der Waals surface area contributed by atoms with Crippen LogP contribution in [0.3, 0.4) is 0 Å². The third-order valence-corrected chi connectivity index (χ3v) is 2.41. The van der Waals surface area contributed by atoms with Crippen LogP contribution in [0.1, 0.15) is 18.2 Å². The highest BCUT2D eigenvalue weighted by molar-refractivity contribution is 5.78. The molecule has 0 aliphatic heterocycles. The van der Waals surface area contributed by atoms with Gasteiger partial charge in [-0.25, -0.2) is 4.39 Å². The molecule has 15 heavy (non-hydrogen) atoms. The summed E-state index contributed by atoms with van der Waals surface area (Å²) in [5.41, 5.74) is 6.81. The van der Waals surface area contributed by atoms with E-state index in [0.717, 1.165) is 10.9 Å². The molecule has 1 atom stereocenters. The highest BCUT2D eigenvalue weighted by Crippen LogP contribution is 2.23.